The average molecular weight is 345 g/mol. The van der Waals surface area contributed by atoms with Gasteiger partial charge in [0.2, 0.25) is 6.61 Å². The van der Waals surface area contributed by atoms with Crippen molar-refractivity contribution in [2.45, 2.75) is 12.9 Å². The predicted molar refractivity (Wildman–Crippen MR) is 85.3 cm³/mol. The van der Waals surface area contributed by atoms with Crippen molar-refractivity contribution >= 4 is 23.6 Å². The second kappa shape index (κ2) is 5.69. The summed E-state index contributed by atoms with van der Waals surface area (Å²) in [6, 6.07) is 3.42. The van der Waals surface area contributed by atoms with Crippen LogP contribution in [0.1, 0.15) is 5.56 Å². The Labute approximate surface area is 142 Å². The topological polar surface area (TPSA) is 107 Å². The molecular weight excluding hydrogens is 330 g/mol. The van der Waals surface area contributed by atoms with Crippen LogP contribution in [0.25, 0.3) is 0 Å². The first-order valence-corrected chi connectivity index (χ1v) is 7.69. The zero-order valence-corrected chi connectivity index (χ0v) is 13.3. The third-order valence-electron chi connectivity index (χ3n) is 3.82. The van der Waals surface area contributed by atoms with Gasteiger partial charge >= 0.3 is 17.9 Å². The van der Waals surface area contributed by atoms with Gasteiger partial charge in [-0.05, 0) is 19.1 Å². The van der Waals surface area contributed by atoms with E-state index in [2.05, 4.69) is 15.6 Å². The van der Waals surface area contributed by atoms with Crippen LogP contribution in [0, 0.1) is 6.92 Å². The lowest BCUT2D eigenvalue weighted by atomic mass is 10.1. The highest BCUT2D eigenvalue weighted by molar-refractivity contribution is 5.96. The number of aliphatic imine (C=N–C) groups is 1. The minimum Gasteiger partial charge on any atom is -0.477 e. The lowest BCUT2D eigenvalue weighted by Crippen LogP contribution is -2.51. The molecule has 0 fully saturated rings. The van der Waals surface area contributed by atoms with E-state index in [0.717, 1.165) is 36.5 Å². The largest absolute Gasteiger partial charge is 0.477 e. The van der Waals surface area contributed by atoms with Crippen LogP contribution in [0.3, 0.4) is 0 Å². The maximum Gasteiger partial charge on any atom is 0.458 e. The number of nitrogens with zero attached hydrogens (tertiary/aromatic N) is 1. The van der Waals surface area contributed by atoms with Gasteiger partial charge in [-0.3, -0.25) is 4.99 Å². The van der Waals surface area contributed by atoms with Crippen molar-refractivity contribution in [3.63, 3.8) is 0 Å². The Morgan fingerprint density at radius 1 is 1.16 bits per heavy atom. The fourth-order valence-electron chi connectivity index (χ4n) is 2.66. The number of anilines is 1. The molecule has 0 unspecified atom stereocenters. The van der Waals surface area contributed by atoms with E-state index in [0.29, 0.717) is 17.5 Å². The van der Waals surface area contributed by atoms with E-state index < -0.39 is 17.9 Å². The summed E-state index contributed by atoms with van der Waals surface area (Å²) in [4.78, 5) is 27.5. The molecule has 0 aliphatic carbocycles. The summed E-state index contributed by atoms with van der Waals surface area (Å²) in [7, 11) is 0. The number of hydrogen-bond donors (Lipinski definition) is 2. The molecule has 130 valence electrons. The first kappa shape index (κ1) is 15.3. The SMILES string of the molecule is Cc1c(NC2=NCCN2)ccc2c1OCC1(OC(=O)C=CC(=O)O1)O2. The van der Waals surface area contributed by atoms with Crippen LogP contribution in [-0.4, -0.2) is 43.6 Å². The Morgan fingerprint density at radius 3 is 2.60 bits per heavy atom. The van der Waals surface area contributed by atoms with Crippen molar-refractivity contribution in [3.8, 4) is 11.5 Å². The molecule has 0 atom stereocenters. The Kier molecular flexibility index (Phi) is 3.48. The number of hydrogen-bond acceptors (Lipinski definition) is 9. The molecule has 0 aromatic heterocycles. The molecule has 0 bridgehead atoms. The van der Waals surface area contributed by atoms with E-state index in [4.69, 9.17) is 18.9 Å². The maximum absolute atomic E-state index is 11.6. The molecular formula is C16H15N3O6. The van der Waals surface area contributed by atoms with E-state index in [1.165, 1.54) is 0 Å². The molecule has 3 aliphatic heterocycles. The Morgan fingerprint density at radius 2 is 1.92 bits per heavy atom. The number of rotatable bonds is 1. The molecule has 1 aromatic rings. The molecule has 0 radical (unpaired) electrons. The van der Waals surface area contributed by atoms with Crippen LogP contribution >= 0.6 is 0 Å². The lowest BCUT2D eigenvalue weighted by Gasteiger charge is -2.35. The summed E-state index contributed by atoms with van der Waals surface area (Å²) < 4.78 is 21.5. The predicted octanol–water partition coefficient (Wildman–Crippen LogP) is 0.447. The quantitative estimate of drug-likeness (QED) is 0.707. The molecule has 3 heterocycles. The summed E-state index contributed by atoms with van der Waals surface area (Å²) in [5.74, 6) is -1.97. The highest BCUT2D eigenvalue weighted by Crippen LogP contribution is 2.42. The second-order valence-electron chi connectivity index (χ2n) is 5.60. The normalized spacial score (nSPS) is 20.3. The first-order chi connectivity index (χ1) is 12.0. The van der Waals surface area contributed by atoms with Gasteiger partial charge in [0.1, 0.15) is 0 Å². The number of esters is 2. The molecule has 2 N–H and O–H groups in total. The van der Waals surface area contributed by atoms with Crippen LogP contribution in [0.15, 0.2) is 29.3 Å². The third kappa shape index (κ3) is 2.84. The molecule has 1 aromatic carbocycles. The molecule has 0 amide bonds. The number of carbonyl (C=O) groups excluding carboxylic acids is 2. The molecule has 0 saturated carbocycles. The standard InChI is InChI=1S/C16H15N3O6/c1-9-10(19-15-17-6-7-18-15)2-3-11-14(9)22-8-16(23-11)24-12(20)4-5-13(21)25-16/h2-5H,6-8H2,1H3,(H2,17,18,19). The zero-order chi connectivity index (χ0) is 17.4. The van der Waals surface area contributed by atoms with Crippen molar-refractivity contribution < 1.29 is 28.5 Å². The van der Waals surface area contributed by atoms with E-state index in [9.17, 15) is 9.59 Å². The molecule has 25 heavy (non-hydrogen) atoms. The smallest absolute Gasteiger partial charge is 0.458 e. The minimum atomic E-state index is -1.93. The lowest BCUT2D eigenvalue weighted by molar-refractivity contribution is -0.321. The van der Waals surface area contributed by atoms with Crippen molar-refractivity contribution in [2.75, 3.05) is 25.0 Å². The fraction of sp³-hybridized carbons (Fsp3) is 0.312. The van der Waals surface area contributed by atoms with Crippen LogP contribution in [-0.2, 0) is 19.1 Å². The first-order valence-electron chi connectivity index (χ1n) is 7.69. The van der Waals surface area contributed by atoms with Gasteiger partial charge in [0.25, 0.3) is 0 Å². The summed E-state index contributed by atoms with van der Waals surface area (Å²) in [5, 5.41) is 6.30. The second-order valence-corrected chi connectivity index (χ2v) is 5.60. The number of fused-ring (bicyclic) bond motifs is 1. The Bertz CT molecular complexity index is 796. The summed E-state index contributed by atoms with van der Waals surface area (Å²) in [6.07, 6.45) is 1.95. The minimum absolute atomic E-state index is 0.275. The molecule has 1 spiro atoms. The molecule has 4 rings (SSSR count). The van der Waals surface area contributed by atoms with Crippen LogP contribution < -0.4 is 20.1 Å². The molecule has 3 aliphatic rings. The third-order valence-corrected chi connectivity index (χ3v) is 3.82. The van der Waals surface area contributed by atoms with Gasteiger partial charge in [0.15, 0.2) is 17.5 Å². The van der Waals surface area contributed by atoms with E-state index in [1.54, 1.807) is 12.1 Å². The van der Waals surface area contributed by atoms with Gasteiger partial charge in [-0.25, -0.2) is 9.59 Å². The van der Waals surface area contributed by atoms with Crippen LogP contribution in [0.2, 0.25) is 0 Å². The molecule has 9 nitrogen and oxygen atoms in total. The van der Waals surface area contributed by atoms with Gasteiger partial charge in [0.05, 0.1) is 6.54 Å². The number of benzene rings is 1. The number of ether oxygens (including phenoxy) is 4. The average Bonchev–Trinajstić information content (AvgIpc) is 3.04. The Balaban J connectivity index is 1.60. The highest BCUT2D eigenvalue weighted by atomic mass is 16.9. The van der Waals surface area contributed by atoms with Gasteiger partial charge in [0, 0.05) is 29.9 Å². The Hall–Kier alpha value is -3.23. The summed E-state index contributed by atoms with van der Waals surface area (Å²) in [6.45, 7) is 3.09. The van der Waals surface area contributed by atoms with E-state index >= 15 is 0 Å². The molecule has 9 heteroatoms. The zero-order valence-electron chi connectivity index (χ0n) is 13.3. The highest BCUT2D eigenvalue weighted by Gasteiger charge is 2.48. The van der Waals surface area contributed by atoms with E-state index in [1.807, 2.05) is 6.92 Å². The number of guanidine groups is 1. The summed E-state index contributed by atoms with van der Waals surface area (Å²) >= 11 is 0. The van der Waals surface area contributed by atoms with Crippen molar-refractivity contribution in [3.05, 3.63) is 29.8 Å². The van der Waals surface area contributed by atoms with E-state index in [-0.39, 0.29) is 6.61 Å². The van der Waals surface area contributed by atoms with Crippen molar-refractivity contribution in [2.24, 2.45) is 4.99 Å². The fourth-order valence-corrected chi connectivity index (χ4v) is 2.66. The van der Waals surface area contributed by atoms with Gasteiger partial charge in [-0.2, -0.15) is 0 Å². The van der Waals surface area contributed by atoms with Gasteiger partial charge in [-0.15, -0.1) is 0 Å². The van der Waals surface area contributed by atoms with Gasteiger partial charge in [-0.1, -0.05) is 0 Å². The summed E-state index contributed by atoms with van der Waals surface area (Å²) in [5.41, 5.74) is 1.58. The number of carbonyl (C=O) groups is 2. The van der Waals surface area contributed by atoms with Crippen molar-refractivity contribution in [1.82, 2.24) is 5.32 Å². The van der Waals surface area contributed by atoms with Crippen molar-refractivity contribution in [1.29, 1.82) is 0 Å². The van der Waals surface area contributed by atoms with Crippen LogP contribution in [0.5, 0.6) is 11.5 Å². The monoisotopic (exact) mass is 345 g/mol. The van der Waals surface area contributed by atoms with Gasteiger partial charge < -0.3 is 29.6 Å². The maximum atomic E-state index is 11.6. The molecule has 0 saturated heterocycles. The van der Waals surface area contributed by atoms with Crippen LogP contribution in [0.4, 0.5) is 5.69 Å². The number of nitrogens with one attached hydrogen (secondary N) is 2.